The van der Waals surface area contributed by atoms with E-state index < -0.39 is 6.09 Å². The standard InChI is InChI=1S/C21H33N3O6/c1-14(2)24(12-16-11-23(21(26)27)13-17(16)22)20(25)15-6-7-18(29-4)19(10-15)30-9-5-8-28-3/h6-7,10,14,16-17H,5,8-9,11-13,22H2,1-4H3,(H,26,27)/t16-,17+/m0/s1. The number of carboxylic acid groups (broad SMARTS) is 1. The van der Waals surface area contributed by atoms with Gasteiger partial charge in [-0.05, 0) is 32.0 Å². The summed E-state index contributed by atoms with van der Waals surface area (Å²) in [5, 5.41) is 9.22. The highest BCUT2D eigenvalue weighted by molar-refractivity contribution is 5.95. The van der Waals surface area contributed by atoms with Crippen molar-refractivity contribution in [2.45, 2.75) is 32.4 Å². The summed E-state index contributed by atoms with van der Waals surface area (Å²) >= 11 is 0. The maximum Gasteiger partial charge on any atom is 0.407 e. The Labute approximate surface area is 177 Å². The number of hydrogen-bond acceptors (Lipinski definition) is 6. The van der Waals surface area contributed by atoms with E-state index in [1.54, 1.807) is 37.3 Å². The molecule has 1 saturated heterocycles. The quantitative estimate of drug-likeness (QED) is 0.552. The Morgan fingerprint density at radius 3 is 2.53 bits per heavy atom. The largest absolute Gasteiger partial charge is 0.493 e. The van der Waals surface area contributed by atoms with Crippen LogP contribution in [-0.4, -0.2) is 86.1 Å². The molecule has 0 saturated carbocycles. The summed E-state index contributed by atoms with van der Waals surface area (Å²) < 4.78 is 16.2. The number of nitrogens with zero attached hydrogens (tertiary/aromatic N) is 2. The number of nitrogens with two attached hydrogens (primary N) is 1. The van der Waals surface area contributed by atoms with Gasteiger partial charge in [0.05, 0.1) is 13.7 Å². The number of carbonyl (C=O) groups excluding carboxylic acids is 1. The van der Waals surface area contributed by atoms with Crippen molar-refractivity contribution in [2.75, 3.05) is 47.1 Å². The lowest BCUT2D eigenvalue weighted by molar-refractivity contribution is 0.0669. The van der Waals surface area contributed by atoms with E-state index in [1.807, 2.05) is 13.8 Å². The fourth-order valence-corrected chi connectivity index (χ4v) is 3.50. The zero-order chi connectivity index (χ0) is 22.3. The molecule has 0 spiro atoms. The molecule has 3 N–H and O–H groups in total. The number of benzene rings is 1. The second-order valence-corrected chi connectivity index (χ2v) is 7.72. The Morgan fingerprint density at radius 2 is 1.97 bits per heavy atom. The zero-order valence-corrected chi connectivity index (χ0v) is 18.2. The minimum atomic E-state index is -0.985. The van der Waals surface area contributed by atoms with Gasteiger partial charge in [0.15, 0.2) is 11.5 Å². The third-order valence-electron chi connectivity index (χ3n) is 5.24. The predicted molar refractivity (Wildman–Crippen MR) is 112 cm³/mol. The molecule has 30 heavy (non-hydrogen) atoms. The van der Waals surface area contributed by atoms with Crippen LogP contribution in [0.3, 0.4) is 0 Å². The Hall–Kier alpha value is -2.52. The van der Waals surface area contributed by atoms with Crippen LogP contribution in [0.5, 0.6) is 11.5 Å². The van der Waals surface area contributed by atoms with Gasteiger partial charge >= 0.3 is 6.09 Å². The number of rotatable bonds is 10. The summed E-state index contributed by atoms with van der Waals surface area (Å²) in [6.07, 6.45) is -0.268. The van der Waals surface area contributed by atoms with Gasteiger partial charge in [-0.3, -0.25) is 4.79 Å². The van der Waals surface area contributed by atoms with E-state index in [4.69, 9.17) is 19.9 Å². The third kappa shape index (κ3) is 5.99. The van der Waals surface area contributed by atoms with Gasteiger partial charge in [-0.1, -0.05) is 0 Å². The van der Waals surface area contributed by atoms with Gasteiger partial charge < -0.3 is 34.9 Å². The van der Waals surface area contributed by atoms with E-state index in [2.05, 4.69) is 0 Å². The number of hydrogen-bond donors (Lipinski definition) is 2. The second-order valence-electron chi connectivity index (χ2n) is 7.72. The first-order valence-electron chi connectivity index (χ1n) is 10.1. The normalized spacial score (nSPS) is 18.5. The molecule has 1 aliphatic rings. The van der Waals surface area contributed by atoms with Crippen molar-refractivity contribution in [1.82, 2.24) is 9.80 Å². The van der Waals surface area contributed by atoms with Gasteiger partial charge in [0.25, 0.3) is 5.91 Å². The van der Waals surface area contributed by atoms with Gasteiger partial charge in [0.2, 0.25) is 0 Å². The van der Waals surface area contributed by atoms with Crippen molar-refractivity contribution in [3.63, 3.8) is 0 Å². The lowest BCUT2D eigenvalue weighted by Gasteiger charge is -2.31. The number of amides is 2. The van der Waals surface area contributed by atoms with Crippen LogP contribution in [0.25, 0.3) is 0 Å². The second kappa shape index (κ2) is 11.0. The van der Waals surface area contributed by atoms with Crippen molar-refractivity contribution in [3.8, 4) is 11.5 Å². The van der Waals surface area contributed by atoms with Crippen molar-refractivity contribution >= 4 is 12.0 Å². The number of methoxy groups -OCH3 is 2. The first-order chi connectivity index (χ1) is 14.3. The van der Waals surface area contributed by atoms with Gasteiger partial charge in [-0.25, -0.2) is 4.79 Å². The summed E-state index contributed by atoms with van der Waals surface area (Å²) in [4.78, 5) is 27.5. The molecule has 2 amide bonds. The summed E-state index contributed by atoms with van der Waals surface area (Å²) in [7, 11) is 3.18. The van der Waals surface area contributed by atoms with E-state index in [9.17, 15) is 14.7 Å². The van der Waals surface area contributed by atoms with E-state index in [1.165, 1.54) is 4.90 Å². The van der Waals surface area contributed by atoms with Crippen LogP contribution in [0.15, 0.2) is 18.2 Å². The number of likely N-dealkylation sites (tertiary alicyclic amines) is 1. The minimum absolute atomic E-state index is 0.0725. The van der Waals surface area contributed by atoms with Gasteiger partial charge in [0, 0.05) is 63.3 Å². The molecule has 9 heteroatoms. The van der Waals surface area contributed by atoms with Crippen molar-refractivity contribution in [2.24, 2.45) is 11.7 Å². The van der Waals surface area contributed by atoms with Crippen LogP contribution in [0.4, 0.5) is 4.79 Å². The van der Waals surface area contributed by atoms with E-state index in [0.29, 0.717) is 43.4 Å². The van der Waals surface area contributed by atoms with Gasteiger partial charge in [0.1, 0.15) is 0 Å². The topological polar surface area (TPSA) is 115 Å². The van der Waals surface area contributed by atoms with Crippen LogP contribution in [0, 0.1) is 5.92 Å². The molecule has 1 heterocycles. The number of ether oxygens (including phenoxy) is 3. The van der Waals surface area contributed by atoms with E-state index >= 15 is 0 Å². The molecule has 2 rings (SSSR count). The van der Waals surface area contributed by atoms with Crippen LogP contribution in [-0.2, 0) is 4.74 Å². The average molecular weight is 424 g/mol. The Kier molecular flexibility index (Phi) is 8.73. The highest BCUT2D eigenvalue weighted by atomic mass is 16.5. The maximum atomic E-state index is 13.3. The predicted octanol–water partition coefficient (Wildman–Crippen LogP) is 1.90. The first-order valence-corrected chi connectivity index (χ1v) is 10.1. The molecule has 1 aromatic rings. The van der Waals surface area contributed by atoms with Crippen molar-refractivity contribution < 1.29 is 28.9 Å². The molecule has 1 aliphatic heterocycles. The van der Waals surface area contributed by atoms with Crippen molar-refractivity contribution in [1.29, 1.82) is 0 Å². The molecule has 168 valence electrons. The average Bonchev–Trinajstić information content (AvgIpc) is 3.09. The molecular formula is C21H33N3O6. The SMILES string of the molecule is COCCCOc1cc(C(=O)N(C[C@@H]2CN(C(=O)O)C[C@H]2N)C(C)C)ccc1OC. The third-order valence-corrected chi connectivity index (χ3v) is 5.24. The minimum Gasteiger partial charge on any atom is -0.493 e. The lowest BCUT2D eigenvalue weighted by Crippen LogP contribution is -2.44. The molecule has 0 aromatic heterocycles. The van der Waals surface area contributed by atoms with Crippen LogP contribution < -0.4 is 15.2 Å². The molecule has 0 bridgehead atoms. The maximum absolute atomic E-state index is 13.3. The summed E-state index contributed by atoms with van der Waals surface area (Å²) in [6.45, 7) is 5.87. The highest BCUT2D eigenvalue weighted by Gasteiger charge is 2.35. The van der Waals surface area contributed by atoms with Gasteiger partial charge in [-0.2, -0.15) is 0 Å². The molecule has 0 radical (unpaired) electrons. The fourth-order valence-electron chi connectivity index (χ4n) is 3.50. The Balaban J connectivity index is 2.15. The summed E-state index contributed by atoms with van der Waals surface area (Å²) in [5.74, 6) is 0.776. The summed E-state index contributed by atoms with van der Waals surface area (Å²) in [5.41, 5.74) is 6.63. The van der Waals surface area contributed by atoms with Gasteiger partial charge in [-0.15, -0.1) is 0 Å². The molecule has 0 unspecified atom stereocenters. The van der Waals surface area contributed by atoms with E-state index in [0.717, 1.165) is 6.42 Å². The fraction of sp³-hybridized carbons (Fsp3) is 0.619. The molecular weight excluding hydrogens is 390 g/mol. The van der Waals surface area contributed by atoms with Crippen LogP contribution in [0.1, 0.15) is 30.6 Å². The smallest absolute Gasteiger partial charge is 0.407 e. The molecule has 0 aliphatic carbocycles. The van der Waals surface area contributed by atoms with Crippen molar-refractivity contribution in [3.05, 3.63) is 23.8 Å². The number of carbonyl (C=O) groups is 2. The molecule has 9 nitrogen and oxygen atoms in total. The molecule has 2 atom stereocenters. The Morgan fingerprint density at radius 1 is 1.23 bits per heavy atom. The summed E-state index contributed by atoms with van der Waals surface area (Å²) in [6, 6.07) is 4.73. The van der Waals surface area contributed by atoms with Crippen LogP contribution in [0.2, 0.25) is 0 Å². The lowest BCUT2D eigenvalue weighted by atomic mass is 10.0. The Bertz CT molecular complexity index is 727. The highest BCUT2D eigenvalue weighted by Crippen LogP contribution is 2.29. The molecule has 1 fully saturated rings. The zero-order valence-electron chi connectivity index (χ0n) is 18.2. The van der Waals surface area contributed by atoms with E-state index in [-0.39, 0.29) is 30.5 Å². The molecule has 1 aromatic carbocycles. The van der Waals surface area contributed by atoms with Crippen LogP contribution >= 0.6 is 0 Å². The first kappa shape index (κ1) is 23.8. The monoisotopic (exact) mass is 423 g/mol.